The summed E-state index contributed by atoms with van der Waals surface area (Å²) in [6.45, 7) is 1.85. The van der Waals surface area contributed by atoms with Gasteiger partial charge in [-0.3, -0.25) is 9.69 Å². The van der Waals surface area contributed by atoms with Crippen molar-refractivity contribution in [1.29, 1.82) is 0 Å². The van der Waals surface area contributed by atoms with Gasteiger partial charge in [0.05, 0.1) is 27.0 Å². The van der Waals surface area contributed by atoms with Crippen LogP contribution in [0.4, 0.5) is 11.5 Å². The number of pyridine rings is 2. The van der Waals surface area contributed by atoms with Crippen LogP contribution in [0, 0.1) is 0 Å². The first-order chi connectivity index (χ1) is 21.3. The highest BCUT2D eigenvalue weighted by Gasteiger charge is 2.61. The van der Waals surface area contributed by atoms with Gasteiger partial charge in [0.25, 0.3) is 15.9 Å². The predicted octanol–water partition coefficient (Wildman–Crippen LogP) is 3.96. The summed E-state index contributed by atoms with van der Waals surface area (Å²) < 4.78 is 46.3. The lowest BCUT2D eigenvalue weighted by Crippen LogP contribution is -2.60. The third-order valence-corrected chi connectivity index (χ3v) is 10.0. The van der Waals surface area contributed by atoms with E-state index in [1.807, 2.05) is 23.1 Å². The number of carbonyl (C=O) groups excluding carboxylic acids is 1. The predicted molar refractivity (Wildman–Crippen MR) is 165 cm³/mol. The van der Waals surface area contributed by atoms with Crippen molar-refractivity contribution >= 4 is 39.0 Å². The Morgan fingerprint density at radius 1 is 0.818 bits per heavy atom. The third kappa shape index (κ3) is 4.61. The number of benzene rings is 2. The van der Waals surface area contributed by atoms with Crippen LogP contribution in [-0.2, 0) is 20.4 Å². The van der Waals surface area contributed by atoms with E-state index in [9.17, 15) is 8.42 Å². The van der Waals surface area contributed by atoms with Crippen molar-refractivity contribution < 1.29 is 27.4 Å². The minimum absolute atomic E-state index is 0.0353. The fourth-order valence-corrected chi connectivity index (χ4v) is 7.82. The Kier molecular flexibility index (Phi) is 7.82. The SMILES string of the molecule is COc1ccc(S(=O)(=O)N2C(=O)C(c3cccnc3OC)(N3CCN(c4ccccn4)CC3)c3cc(Cl)ccc32)c(OC)c1. The average Bonchev–Trinajstić information content (AvgIpc) is 3.32. The molecule has 1 saturated heterocycles. The lowest BCUT2D eigenvalue weighted by molar-refractivity contribution is -0.127. The molecule has 13 heteroatoms. The number of hydrogen-bond donors (Lipinski definition) is 0. The van der Waals surface area contributed by atoms with Crippen molar-refractivity contribution in [2.75, 3.05) is 56.7 Å². The normalized spacial score (nSPS) is 18.7. The molecule has 0 saturated carbocycles. The van der Waals surface area contributed by atoms with E-state index in [0.29, 0.717) is 48.1 Å². The van der Waals surface area contributed by atoms with E-state index in [4.69, 9.17) is 25.8 Å². The fraction of sp³-hybridized carbons (Fsp3) is 0.258. The summed E-state index contributed by atoms with van der Waals surface area (Å²) in [5.41, 5.74) is -0.649. The second-order valence-corrected chi connectivity index (χ2v) is 12.4. The minimum Gasteiger partial charge on any atom is -0.497 e. The Morgan fingerprint density at radius 2 is 1.59 bits per heavy atom. The maximum atomic E-state index is 15.1. The summed E-state index contributed by atoms with van der Waals surface area (Å²) in [5.74, 6) is 0.747. The van der Waals surface area contributed by atoms with Gasteiger partial charge in [0.2, 0.25) is 5.88 Å². The van der Waals surface area contributed by atoms with Gasteiger partial charge in [0.1, 0.15) is 22.2 Å². The van der Waals surface area contributed by atoms with E-state index < -0.39 is 21.5 Å². The van der Waals surface area contributed by atoms with Crippen molar-refractivity contribution in [3.63, 3.8) is 0 Å². The molecule has 4 heterocycles. The number of ether oxygens (including phenoxy) is 3. The summed E-state index contributed by atoms with van der Waals surface area (Å²) in [4.78, 5) is 27.9. The molecule has 1 amide bonds. The molecule has 0 aliphatic carbocycles. The topological polar surface area (TPSA) is 114 Å². The Bertz CT molecular complexity index is 1820. The van der Waals surface area contributed by atoms with Gasteiger partial charge < -0.3 is 19.1 Å². The molecular weight excluding hydrogens is 606 g/mol. The van der Waals surface area contributed by atoms with Crippen LogP contribution in [0.1, 0.15) is 11.1 Å². The van der Waals surface area contributed by atoms with Gasteiger partial charge in [-0.15, -0.1) is 0 Å². The second kappa shape index (κ2) is 11.6. The molecule has 11 nitrogen and oxygen atoms in total. The molecule has 1 fully saturated rings. The number of carbonyl (C=O) groups is 1. The largest absolute Gasteiger partial charge is 0.497 e. The number of hydrogen-bond acceptors (Lipinski definition) is 10. The van der Waals surface area contributed by atoms with Gasteiger partial charge in [-0.2, -0.15) is 0 Å². The zero-order valence-electron chi connectivity index (χ0n) is 24.3. The Morgan fingerprint density at radius 3 is 2.27 bits per heavy atom. The second-order valence-electron chi connectivity index (χ2n) is 10.2. The van der Waals surface area contributed by atoms with Crippen LogP contribution in [0.5, 0.6) is 17.4 Å². The maximum absolute atomic E-state index is 15.1. The molecule has 0 bridgehead atoms. The van der Waals surface area contributed by atoms with Crippen LogP contribution in [0.15, 0.2) is 84.0 Å². The van der Waals surface area contributed by atoms with Crippen LogP contribution in [0.2, 0.25) is 5.02 Å². The fourth-order valence-electron chi connectivity index (χ4n) is 6.05. The van der Waals surface area contributed by atoms with E-state index in [-0.39, 0.29) is 22.2 Å². The van der Waals surface area contributed by atoms with Crippen LogP contribution >= 0.6 is 11.6 Å². The van der Waals surface area contributed by atoms with Gasteiger partial charge in [0.15, 0.2) is 5.54 Å². The van der Waals surface area contributed by atoms with Gasteiger partial charge in [-0.25, -0.2) is 22.7 Å². The molecule has 228 valence electrons. The third-order valence-electron chi connectivity index (χ3n) is 8.03. The van der Waals surface area contributed by atoms with E-state index in [1.54, 1.807) is 42.7 Å². The van der Waals surface area contributed by atoms with Crippen molar-refractivity contribution in [2.45, 2.75) is 10.4 Å². The number of sulfonamides is 1. The Hall–Kier alpha value is -4.39. The Balaban J connectivity index is 1.55. The van der Waals surface area contributed by atoms with E-state index in [0.717, 1.165) is 10.1 Å². The number of anilines is 2. The minimum atomic E-state index is -4.52. The first-order valence-electron chi connectivity index (χ1n) is 13.8. The molecule has 2 aliphatic rings. The zero-order chi connectivity index (χ0) is 31.1. The zero-order valence-corrected chi connectivity index (χ0v) is 25.9. The monoisotopic (exact) mass is 635 g/mol. The van der Waals surface area contributed by atoms with E-state index in [2.05, 4.69) is 14.9 Å². The molecule has 0 radical (unpaired) electrons. The van der Waals surface area contributed by atoms with Crippen LogP contribution in [-0.4, -0.2) is 76.7 Å². The molecule has 2 aromatic heterocycles. The summed E-state index contributed by atoms with van der Waals surface area (Å²) in [7, 11) is -0.226. The van der Waals surface area contributed by atoms with Gasteiger partial charge >= 0.3 is 0 Å². The summed E-state index contributed by atoms with van der Waals surface area (Å²) in [6.07, 6.45) is 3.29. The van der Waals surface area contributed by atoms with Crippen LogP contribution < -0.4 is 23.4 Å². The highest BCUT2D eigenvalue weighted by molar-refractivity contribution is 7.93. The number of nitrogens with zero attached hydrogens (tertiary/aromatic N) is 5. The van der Waals surface area contributed by atoms with Crippen molar-refractivity contribution in [3.8, 4) is 17.4 Å². The molecule has 2 aromatic carbocycles. The lowest BCUT2D eigenvalue weighted by Gasteiger charge is -2.45. The maximum Gasteiger partial charge on any atom is 0.274 e. The smallest absolute Gasteiger partial charge is 0.274 e. The van der Waals surface area contributed by atoms with Crippen molar-refractivity contribution in [2.24, 2.45) is 0 Å². The highest BCUT2D eigenvalue weighted by atomic mass is 35.5. The van der Waals surface area contributed by atoms with Crippen LogP contribution in [0.3, 0.4) is 0 Å². The first kappa shape index (κ1) is 29.7. The molecule has 0 N–H and O–H groups in total. The van der Waals surface area contributed by atoms with Crippen molar-refractivity contribution in [3.05, 3.63) is 95.3 Å². The number of aromatic nitrogens is 2. The number of methoxy groups -OCH3 is 3. The number of piperazine rings is 1. The molecule has 1 unspecified atom stereocenters. The average molecular weight is 636 g/mol. The molecule has 44 heavy (non-hydrogen) atoms. The summed E-state index contributed by atoms with van der Waals surface area (Å²) in [5, 5.41) is 0.345. The number of rotatable bonds is 8. The number of amides is 1. The van der Waals surface area contributed by atoms with Gasteiger partial charge in [-0.05, 0) is 54.6 Å². The molecule has 1 atom stereocenters. The standard InChI is InChI=1S/C31H30ClN5O6S/c1-41-22-10-12-27(26(20-22)42-2)44(39,40)37-25-11-9-21(32)19-24(25)31(30(37)38,23-7-6-14-34-29(23)43-3)36-17-15-35(16-18-36)28-8-4-5-13-33-28/h4-14,19-20H,15-18H2,1-3H3. The lowest BCUT2D eigenvalue weighted by atomic mass is 9.82. The Labute approximate surface area is 260 Å². The van der Waals surface area contributed by atoms with Gasteiger partial charge in [-0.1, -0.05) is 17.7 Å². The summed E-state index contributed by atoms with van der Waals surface area (Å²) in [6, 6.07) is 18.3. The number of halogens is 1. The molecule has 0 spiro atoms. The van der Waals surface area contributed by atoms with E-state index >= 15 is 4.79 Å². The quantitative estimate of drug-likeness (QED) is 0.282. The highest BCUT2D eigenvalue weighted by Crippen LogP contribution is 2.53. The van der Waals surface area contributed by atoms with E-state index in [1.165, 1.54) is 39.5 Å². The molecule has 2 aliphatic heterocycles. The molecular formula is C31H30ClN5O6S. The van der Waals surface area contributed by atoms with Gasteiger partial charge in [0, 0.05) is 60.8 Å². The number of fused-ring (bicyclic) bond motifs is 1. The van der Waals surface area contributed by atoms with Crippen LogP contribution in [0.25, 0.3) is 0 Å². The molecule has 4 aromatic rings. The van der Waals surface area contributed by atoms with Crippen molar-refractivity contribution in [1.82, 2.24) is 14.9 Å². The summed E-state index contributed by atoms with van der Waals surface area (Å²) >= 11 is 6.57. The molecule has 6 rings (SSSR count). The first-order valence-corrected chi connectivity index (χ1v) is 15.6.